The van der Waals surface area contributed by atoms with Gasteiger partial charge in [-0.05, 0) is 12.8 Å². The van der Waals surface area contributed by atoms with E-state index in [1.807, 2.05) is 10.9 Å². The number of aliphatic hydroxyl groups excluding tert-OH is 1. The van der Waals surface area contributed by atoms with Gasteiger partial charge in [0.15, 0.2) is 0 Å². The Morgan fingerprint density at radius 1 is 1.30 bits per heavy atom. The first-order valence-electron chi connectivity index (χ1n) is 8.90. The Balaban J connectivity index is 1.62. The van der Waals surface area contributed by atoms with E-state index in [1.54, 1.807) is 0 Å². The number of nitrogens with zero attached hydrogens (tertiary/aromatic N) is 3. The van der Waals surface area contributed by atoms with Gasteiger partial charge in [0, 0.05) is 17.7 Å². The van der Waals surface area contributed by atoms with E-state index in [0.29, 0.717) is 19.2 Å². The first kappa shape index (κ1) is 16.9. The van der Waals surface area contributed by atoms with Gasteiger partial charge < -0.3 is 15.2 Å². The highest BCUT2D eigenvalue weighted by atomic mass is 16.5. The Kier molecular flexibility index (Phi) is 5.04. The number of aromatic nitrogens is 3. The van der Waals surface area contributed by atoms with E-state index in [4.69, 9.17) is 4.74 Å². The maximum atomic E-state index is 10.3. The maximum Gasteiger partial charge on any atom is 0.0952 e. The second kappa shape index (κ2) is 6.87. The third kappa shape index (κ3) is 4.11. The van der Waals surface area contributed by atoms with Crippen molar-refractivity contribution < 1.29 is 9.84 Å². The van der Waals surface area contributed by atoms with Crippen LogP contribution in [0, 0.1) is 0 Å². The molecule has 3 rings (SSSR count). The van der Waals surface area contributed by atoms with Crippen molar-refractivity contribution >= 4 is 0 Å². The lowest BCUT2D eigenvalue weighted by Crippen LogP contribution is -2.50. The molecule has 6 heteroatoms. The second-order valence-corrected chi connectivity index (χ2v) is 8.04. The lowest BCUT2D eigenvalue weighted by atomic mass is 9.93. The molecule has 1 saturated heterocycles. The zero-order chi connectivity index (χ0) is 16.4. The standard InChI is InChI=1S/C17H30N4O2/c1-17(2,3)15-10-21(20-19-15)9-14-16(13(22)11-23-14)18-12-7-5-4-6-8-12/h10,12-14,16,18,22H,4-9,11H2,1-3H3/t13-,14+,16+/m0/s1. The van der Waals surface area contributed by atoms with E-state index in [1.165, 1.54) is 32.1 Å². The van der Waals surface area contributed by atoms with Crippen LogP contribution in [0.2, 0.25) is 0 Å². The van der Waals surface area contributed by atoms with Crippen molar-refractivity contribution in [2.24, 2.45) is 0 Å². The molecule has 130 valence electrons. The smallest absolute Gasteiger partial charge is 0.0952 e. The van der Waals surface area contributed by atoms with Crippen LogP contribution in [0.5, 0.6) is 0 Å². The van der Waals surface area contributed by atoms with Gasteiger partial charge in [-0.1, -0.05) is 45.2 Å². The van der Waals surface area contributed by atoms with E-state index in [9.17, 15) is 5.11 Å². The van der Waals surface area contributed by atoms with Crippen LogP contribution in [-0.4, -0.2) is 51.0 Å². The molecule has 2 aliphatic rings. The van der Waals surface area contributed by atoms with Crippen LogP contribution in [-0.2, 0) is 16.7 Å². The van der Waals surface area contributed by atoms with Crippen LogP contribution in [0.1, 0.15) is 58.6 Å². The van der Waals surface area contributed by atoms with Crippen molar-refractivity contribution in [2.45, 2.75) is 89.1 Å². The SMILES string of the molecule is CC(C)(C)c1cn(C[C@H]2OC[C@H](O)[C@H]2NC2CCCCC2)nn1. The summed E-state index contributed by atoms with van der Waals surface area (Å²) in [5.74, 6) is 0. The van der Waals surface area contributed by atoms with Crippen molar-refractivity contribution in [1.29, 1.82) is 0 Å². The summed E-state index contributed by atoms with van der Waals surface area (Å²) in [5, 5.41) is 22.4. The van der Waals surface area contributed by atoms with Crippen molar-refractivity contribution in [3.8, 4) is 0 Å². The zero-order valence-electron chi connectivity index (χ0n) is 14.5. The van der Waals surface area contributed by atoms with Gasteiger partial charge in [-0.25, -0.2) is 4.68 Å². The van der Waals surface area contributed by atoms with Crippen LogP contribution >= 0.6 is 0 Å². The normalized spacial score (nSPS) is 30.0. The number of aliphatic hydroxyl groups is 1. The summed E-state index contributed by atoms with van der Waals surface area (Å²) in [6.07, 6.45) is 7.80. The van der Waals surface area contributed by atoms with E-state index in [-0.39, 0.29) is 17.6 Å². The molecule has 2 fully saturated rings. The summed E-state index contributed by atoms with van der Waals surface area (Å²) >= 11 is 0. The predicted octanol–water partition coefficient (Wildman–Crippen LogP) is 1.63. The molecule has 0 radical (unpaired) electrons. The molecule has 1 saturated carbocycles. The molecule has 0 bridgehead atoms. The topological polar surface area (TPSA) is 72.2 Å². The highest BCUT2D eigenvalue weighted by Gasteiger charge is 2.38. The van der Waals surface area contributed by atoms with Crippen LogP contribution in [0.15, 0.2) is 6.20 Å². The van der Waals surface area contributed by atoms with E-state index < -0.39 is 6.10 Å². The largest absolute Gasteiger partial charge is 0.389 e. The number of hydrogen-bond donors (Lipinski definition) is 2. The fraction of sp³-hybridized carbons (Fsp3) is 0.882. The average molecular weight is 322 g/mol. The van der Waals surface area contributed by atoms with Gasteiger partial charge >= 0.3 is 0 Å². The van der Waals surface area contributed by atoms with Gasteiger partial charge in [0.1, 0.15) is 0 Å². The molecule has 2 N–H and O–H groups in total. The first-order valence-corrected chi connectivity index (χ1v) is 8.90. The Morgan fingerprint density at radius 2 is 2.04 bits per heavy atom. The van der Waals surface area contributed by atoms with Crippen molar-refractivity contribution in [2.75, 3.05) is 6.61 Å². The summed E-state index contributed by atoms with van der Waals surface area (Å²) in [6, 6.07) is 0.494. The third-order valence-electron chi connectivity index (χ3n) is 5.00. The summed E-state index contributed by atoms with van der Waals surface area (Å²) in [5.41, 5.74) is 0.974. The zero-order valence-corrected chi connectivity index (χ0v) is 14.5. The van der Waals surface area contributed by atoms with Gasteiger partial charge in [-0.15, -0.1) is 5.10 Å². The molecule has 1 aliphatic carbocycles. The number of rotatable bonds is 4. The molecule has 0 aromatic carbocycles. The molecule has 0 unspecified atom stereocenters. The lowest BCUT2D eigenvalue weighted by molar-refractivity contribution is 0.0729. The van der Waals surface area contributed by atoms with Crippen LogP contribution < -0.4 is 5.32 Å². The van der Waals surface area contributed by atoms with Crippen molar-refractivity contribution in [3.05, 3.63) is 11.9 Å². The summed E-state index contributed by atoms with van der Waals surface area (Å²) < 4.78 is 7.66. The van der Waals surface area contributed by atoms with E-state index in [2.05, 4.69) is 36.4 Å². The van der Waals surface area contributed by atoms with E-state index >= 15 is 0 Å². The molecule has 2 heterocycles. The molecule has 1 aliphatic heterocycles. The van der Waals surface area contributed by atoms with Crippen molar-refractivity contribution in [3.63, 3.8) is 0 Å². The highest BCUT2D eigenvalue weighted by molar-refractivity contribution is 5.06. The molecule has 1 aromatic heterocycles. The van der Waals surface area contributed by atoms with Crippen LogP contribution in [0.4, 0.5) is 0 Å². The second-order valence-electron chi connectivity index (χ2n) is 8.04. The molecule has 6 nitrogen and oxygen atoms in total. The average Bonchev–Trinajstić information content (AvgIpc) is 3.10. The highest BCUT2D eigenvalue weighted by Crippen LogP contribution is 2.23. The minimum atomic E-state index is -0.437. The Hall–Kier alpha value is -0.980. The fourth-order valence-corrected chi connectivity index (χ4v) is 3.52. The summed E-state index contributed by atoms with van der Waals surface area (Å²) in [6.45, 7) is 7.42. The number of hydrogen-bond acceptors (Lipinski definition) is 5. The minimum absolute atomic E-state index is 0.00591. The molecule has 0 amide bonds. The molecule has 3 atom stereocenters. The Bertz CT molecular complexity index is 505. The van der Waals surface area contributed by atoms with Crippen LogP contribution in [0.25, 0.3) is 0 Å². The van der Waals surface area contributed by atoms with Gasteiger partial charge in [0.2, 0.25) is 0 Å². The minimum Gasteiger partial charge on any atom is -0.389 e. The maximum absolute atomic E-state index is 10.3. The number of nitrogens with one attached hydrogen (secondary N) is 1. The quantitative estimate of drug-likeness (QED) is 0.881. The summed E-state index contributed by atoms with van der Waals surface area (Å²) in [7, 11) is 0. The Morgan fingerprint density at radius 3 is 2.70 bits per heavy atom. The van der Waals surface area contributed by atoms with Gasteiger partial charge in [-0.3, -0.25) is 0 Å². The molecule has 0 spiro atoms. The molecule has 23 heavy (non-hydrogen) atoms. The third-order valence-corrected chi connectivity index (χ3v) is 5.00. The van der Waals surface area contributed by atoms with Crippen LogP contribution in [0.3, 0.4) is 0 Å². The fourth-order valence-electron chi connectivity index (χ4n) is 3.52. The van der Waals surface area contributed by atoms with Crippen molar-refractivity contribution in [1.82, 2.24) is 20.3 Å². The molecular formula is C17H30N4O2. The summed E-state index contributed by atoms with van der Waals surface area (Å²) in [4.78, 5) is 0. The number of ether oxygens (including phenoxy) is 1. The first-order chi connectivity index (χ1) is 10.9. The van der Waals surface area contributed by atoms with E-state index in [0.717, 1.165) is 5.69 Å². The lowest BCUT2D eigenvalue weighted by Gasteiger charge is -2.30. The molecular weight excluding hydrogens is 292 g/mol. The predicted molar refractivity (Wildman–Crippen MR) is 88.3 cm³/mol. The van der Waals surface area contributed by atoms with Gasteiger partial charge in [0.05, 0.1) is 37.1 Å². The van der Waals surface area contributed by atoms with Gasteiger partial charge in [0.25, 0.3) is 0 Å². The molecule has 1 aromatic rings. The van der Waals surface area contributed by atoms with Gasteiger partial charge in [-0.2, -0.15) is 0 Å². The monoisotopic (exact) mass is 322 g/mol. The Labute approximate surface area is 138 Å².